The van der Waals surface area contributed by atoms with Crippen LogP contribution in [0.1, 0.15) is 11.8 Å². The van der Waals surface area contributed by atoms with Crippen molar-refractivity contribution in [3.05, 3.63) is 24.0 Å². The molecule has 60 valence electrons. The summed E-state index contributed by atoms with van der Waals surface area (Å²) in [5.41, 5.74) is 0.599. The monoisotopic (exact) mass is 153 g/mol. The number of aliphatic hydroxyl groups is 1. The van der Waals surface area contributed by atoms with Gasteiger partial charge < -0.3 is 10.4 Å². The largest absolute Gasteiger partial charge is 0.385 e. The standard InChI is InChI=1S/C7H11N3O/c1-8-5-7(11)6-3-2-4-9-10-6/h2-4,7-8,11H,5H2,1H3. The van der Waals surface area contributed by atoms with E-state index >= 15 is 0 Å². The zero-order chi connectivity index (χ0) is 8.10. The molecule has 0 fully saturated rings. The molecule has 0 aliphatic heterocycles. The van der Waals surface area contributed by atoms with Gasteiger partial charge in [0, 0.05) is 12.7 Å². The van der Waals surface area contributed by atoms with E-state index in [4.69, 9.17) is 0 Å². The smallest absolute Gasteiger partial charge is 0.110 e. The molecule has 0 saturated carbocycles. The Kier molecular flexibility index (Phi) is 2.95. The van der Waals surface area contributed by atoms with Crippen LogP contribution in [0, 0.1) is 0 Å². The lowest BCUT2D eigenvalue weighted by atomic mass is 10.2. The van der Waals surface area contributed by atoms with Crippen LogP contribution in [0.2, 0.25) is 0 Å². The first-order chi connectivity index (χ1) is 5.34. The minimum absolute atomic E-state index is 0.499. The van der Waals surface area contributed by atoms with E-state index in [9.17, 15) is 5.11 Å². The maximum atomic E-state index is 9.36. The Morgan fingerprint density at radius 1 is 1.73 bits per heavy atom. The molecule has 1 aromatic heterocycles. The summed E-state index contributed by atoms with van der Waals surface area (Å²) >= 11 is 0. The van der Waals surface area contributed by atoms with Crippen LogP contribution in [0.3, 0.4) is 0 Å². The number of rotatable bonds is 3. The summed E-state index contributed by atoms with van der Waals surface area (Å²) < 4.78 is 0. The molecule has 0 radical (unpaired) electrons. The first-order valence-electron chi connectivity index (χ1n) is 3.45. The van der Waals surface area contributed by atoms with Crippen LogP contribution in [-0.4, -0.2) is 28.9 Å². The van der Waals surface area contributed by atoms with Gasteiger partial charge in [0.15, 0.2) is 0 Å². The quantitative estimate of drug-likeness (QED) is 0.627. The second kappa shape index (κ2) is 4.00. The number of nitrogens with one attached hydrogen (secondary N) is 1. The molecule has 1 heterocycles. The van der Waals surface area contributed by atoms with Crippen LogP contribution in [0.15, 0.2) is 18.3 Å². The van der Waals surface area contributed by atoms with E-state index in [-0.39, 0.29) is 0 Å². The summed E-state index contributed by atoms with van der Waals surface area (Å²) in [7, 11) is 1.78. The predicted molar refractivity (Wildman–Crippen MR) is 40.9 cm³/mol. The van der Waals surface area contributed by atoms with E-state index in [1.807, 2.05) is 0 Å². The SMILES string of the molecule is CNCC(O)c1cccnn1. The van der Waals surface area contributed by atoms with E-state index in [1.165, 1.54) is 0 Å². The van der Waals surface area contributed by atoms with Crippen molar-refractivity contribution in [3.63, 3.8) is 0 Å². The molecule has 0 bridgehead atoms. The topological polar surface area (TPSA) is 58.0 Å². The van der Waals surface area contributed by atoms with Gasteiger partial charge in [-0.05, 0) is 19.2 Å². The number of hydrogen-bond acceptors (Lipinski definition) is 4. The Balaban J connectivity index is 2.61. The lowest BCUT2D eigenvalue weighted by Crippen LogP contribution is -2.17. The molecule has 0 saturated heterocycles. The highest BCUT2D eigenvalue weighted by atomic mass is 16.3. The van der Waals surface area contributed by atoms with E-state index in [0.29, 0.717) is 12.2 Å². The second-order valence-electron chi connectivity index (χ2n) is 2.22. The lowest BCUT2D eigenvalue weighted by molar-refractivity contribution is 0.172. The summed E-state index contributed by atoms with van der Waals surface area (Å²) in [4.78, 5) is 0. The van der Waals surface area contributed by atoms with E-state index in [0.717, 1.165) is 0 Å². The highest BCUT2D eigenvalue weighted by Gasteiger charge is 2.05. The first kappa shape index (κ1) is 8.10. The molecule has 0 amide bonds. The Hall–Kier alpha value is -1.00. The van der Waals surface area contributed by atoms with Crippen molar-refractivity contribution >= 4 is 0 Å². The third-order valence-corrected chi connectivity index (χ3v) is 1.33. The minimum atomic E-state index is -0.561. The number of aromatic nitrogens is 2. The summed E-state index contributed by atoms with van der Waals surface area (Å²) in [5, 5.41) is 19.6. The first-order valence-corrected chi connectivity index (χ1v) is 3.45. The Bertz CT molecular complexity index is 202. The van der Waals surface area contributed by atoms with Crippen molar-refractivity contribution in [2.45, 2.75) is 6.10 Å². The molecular formula is C7H11N3O. The fourth-order valence-corrected chi connectivity index (χ4v) is 0.789. The van der Waals surface area contributed by atoms with Crippen molar-refractivity contribution in [1.82, 2.24) is 15.5 Å². The van der Waals surface area contributed by atoms with Gasteiger partial charge in [-0.2, -0.15) is 10.2 Å². The molecule has 1 aromatic rings. The van der Waals surface area contributed by atoms with Gasteiger partial charge in [-0.15, -0.1) is 0 Å². The zero-order valence-corrected chi connectivity index (χ0v) is 6.36. The van der Waals surface area contributed by atoms with Gasteiger partial charge in [0.05, 0.1) is 5.69 Å². The fraction of sp³-hybridized carbons (Fsp3) is 0.429. The normalized spacial score (nSPS) is 12.9. The molecule has 4 heteroatoms. The van der Waals surface area contributed by atoms with Crippen LogP contribution < -0.4 is 5.32 Å². The number of likely N-dealkylation sites (N-methyl/N-ethyl adjacent to an activating group) is 1. The van der Waals surface area contributed by atoms with E-state index in [1.54, 1.807) is 25.4 Å². The van der Waals surface area contributed by atoms with Crippen molar-refractivity contribution in [1.29, 1.82) is 0 Å². The van der Waals surface area contributed by atoms with Crippen LogP contribution in [-0.2, 0) is 0 Å². The molecule has 0 aliphatic rings. The Morgan fingerprint density at radius 3 is 3.09 bits per heavy atom. The molecule has 0 spiro atoms. The fourth-order valence-electron chi connectivity index (χ4n) is 0.789. The van der Waals surface area contributed by atoms with Crippen molar-refractivity contribution in [2.75, 3.05) is 13.6 Å². The van der Waals surface area contributed by atoms with E-state index < -0.39 is 6.10 Å². The van der Waals surface area contributed by atoms with E-state index in [2.05, 4.69) is 15.5 Å². The predicted octanol–water partition coefficient (Wildman–Crippen LogP) is -0.271. The van der Waals surface area contributed by atoms with Gasteiger partial charge >= 0.3 is 0 Å². The maximum absolute atomic E-state index is 9.36. The molecule has 0 aliphatic carbocycles. The molecule has 4 nitrogen and oxygen atoms in total. The van der Waals surface area contributed by atoms with Crippen LogP contribution in [0.25, 0.3) is 0 Å². The summed E-state index contributed by atoms with van der Waals surface area (Å²) in [6.45, 7) is 0.499. The van der Waals surface area contributed by atoms with Crippen molar-refractivity contribution in [2.24, 2.45) is 0 Å². The maximum Gasteiger partial charge on any atom is 0.110 e. The van der Waals surface area contributed by atoms with Crippen molar-refractivity contribution in [3.8, 4) is 0 Å². The van der Waals surface area contributed by atoms with Crippen LogP contribution in [0.5, 0.6) is 0 Å². The molecular weight excluding hydrogens is 142 g/mol. The average Bonchev–Trinajstić information content (AvgIpc) is 2.07. The minimum Gasteiger partial charge on any atom is -0.385 e. The Morgan fingerprint density at radius 2 is 2.55 bits per heavy atom. The molecule has 2 N–H and O–H groups in total. The Labute approximate surface area is 65.3 Å². The molecule has 0 aromatic carbocycles. The zero-order valence-electron chi connectivity index (χ0n) is 6.36. The van der Waals surface area contributed by atoms with Gasteiger partial charge in [0.25, 0.3) is 0 Å². The highest BCUT2D eigenvalue weighted by Crippen LogP contribution is 2.04. The summed E-state index contributed by atoms with van der Waals surface area (Å²) in [6.07, 6.45) is 1.02. The van der Waals surface area contributed by atoms with Crippen LogP contribution >= 0.6 is 0 Å². The third-order valence-electron chi connectivity index (χ3n) is 1.33. The van der Waals surface area contributed by atoms with Crippen molar-refractivity contribution < 1.29 is 5.11 Å². The third kappa shape index (κ3) is 2.25. The molecule has 1 atom stereocenters. The molecule has 11 heavy (non-hydrogen) atoms. The van der Waals surface area contributed by atoms with Gasteiger partial charge in [0.2, 0.25) is 0 Å². The lowest BCUT2D eigenvalue weighted by Gasteiger charge is -2.06. The van der Waals surface area contributed by atoms with Gasteiger partial charge in [-0.1, -0.05) is 0 Å². The van der Waals surface area contributed by atoms with Gasteiger partial charge in [-0.25, -0.2) is 0 Å². The molecule has 1 unspecified atom stereocenters. The van der Waals surface area contributed by atoms with Gasteiger partial charge in [0.1, 0.15) is 6.10 Å². The van der Waals surface area contributed by atoms with Gasteiger partial charge in [-0.3, -0.25) is 0 Å². The molecule has 1 rings (SSSR count). The average molecular weight is 153 g/mol. The number of nitrogens with zero attached hydrogens (tertiary/aromatic N) is 2. The highest BCUT2D eigenvalue weighted by molar-refractivity contribution is 5.02. The second-order valence-corrected chi connectivity index (χ2v) is 2.22. The van der Waals surface area contributed by atoms with Crippen LogP contribution in [0.4, 0.5) is 0 Å². The number of hydrogen-bond donors (Lipinski definition) is 2. The number of aliphatic hydroxyl groups excluding tert-OH is 1. The summed E-state index contributed by atoms with van der Waals surface area (Å²) in [5.74, 6) is 0. The summed E-state index contributed by atoms with van der Waals surface area (Å²) in [6, 6.07) is 3.50.